The molecule has 0 saturated carbocycles. The van der Waals surface area contributed by atoms with Crippen LogP contribution in [0.25, 0.3) is 11.4 Å². The molecule has 2 rings (SSSR count). The van der Waals surface area contributed by atoms with E-state index in [0.29, 0.717) is 23.0 Å². The molecular formula is C12H15FN4. The van der Waals surface area contributed by atoms with E-state index in [0.717, 1.165) is 6.54 Å². The van der Waals surface area contributed by atoms with Gasteiger partial charge in [0, 0.05) is 12.2 Å². The normalized spacial score (nSPS) is 11.1. The van der Waals surface area contributed by atoms with Crippen molar-refractivity contribution in [2.75, 3.05) is 5.73 Å². The molecule has 0 atom stereocenters. The number of nitrogen functional groups attached to an aromatic ring is 1. The van der Waals surface area contributed by atoms with E-state index in [2.05, 4.69) is 24.0 Å². The van der Waals surface area contributed by atoms with Crippen LogP contribution in [0.5, 0.6) is 0 Å². The van der Waals surface area contributed by atoms with Crippen LogP contribution in [0.2, 0.25) is 0 Å². The molecule has 0 amide bonds. The molecule has 0 saturated heterocycles. The molecule has 1 aromatic heterocycles. The van der Waals surface area contributed by atoms with Gasteiger partial charge < -0.3 is 10.3 Å². The molecular weight excluding hydrogens is 219 g/mol. The van der Waals surface area contributed by atoms with Crippen LogP contribution in [-0.2, 0) is 6.54 Å². The van der Waals surface area contributed by atoms with Gasteiger partial charge in [0.05, 0.1) is 5.56 Å². The third-order valence-corrected chi connectivity index (χ3v) is 2.45. The molecule has 4 nitrogen and oxygen atoms in total. The molecule has 0 spiro atoms. The Hall–Kier alpha value is -1.91. The molecule has 1 heterocycles. The van der Waals surface area contributed by atoms with Crippen LogP contribution >= 0.6 is 0 Å². The molecule has 0 aliphatic heterocycles. The second kappa shape index (κ2) is 4.53. The zero-order valence-electron chi connectivity index (χ0n) is 9.89. The summed E-state index contributed by atoms with van der Waals surface area (Å²) in [6.07, 6.45) is 1.60. The van der Waals surface area contributed by atoms with Gasteiger partial charge in [-0.15, -0.1) is 10.2 Å². The maximum absolute atomic E-state index is 13.8. The van der Waals surface area contributed by atoms with Crippen molar-refractivity contribution in [3.63, 3.8) is 0 Å². The maximum atomic E-state index is 13.8. The van der Waals surface area contributed by atoms with Gasteiger partial charge in [-0.2, -0.15) is 0 Å². The van der Waals surface area contributed by atoms with Gasteiger partial charge in [-0.25, -0.2) is 4.39 Å². The summed E-state index contributed by atoms with van der Waals surface area (Å²) < 4.78 is 15.6. The molecule has 0 fully saturated rings. The van der Waals surface area contributed by atoms with Crippen molar-refractivity contribution in [1.29, 1.82) is 0 Å². The highest BCUT2D eigenvalue weighted by Gasteiger charge is 2.15. The number of nitrogens with two attached hydrogens (primary N) is 1. The van der Waals surface area contributed by atoms with Crippen molar-refractivity contribution in [2.24, 2.45) is 5.92 Å². The van der Waals surface area contributed by atoms with Crippen LogP contribution in [-0.4, -0.2) is 14.8 Å². The van der Waals surface area contributed by atoms with E-state index in [1.807, 2.05) is 4.57 Å². The smallest absolute Gasteiger partial charge is 0.168 e. The Morgan fingerprint density at radius 1 is 1.41 bits per heavy atom. The van der Waals surface area contributed by atoms with Crippen LogP contribution < -0.4 is 5.73 Å². The summed E-state index contributed by atoms with van der Waals surface area (Å²) in [5, 5.41) is 7.78. The molecule has 0 radical (unpaired) electrons. The third kappa shape index (κ3) is 2.27. The summed E-state index contributed by atoms with van der Waals surface area (Å²) >= 11 is 0. The SMILES string of the molecule is CC(C)Cn1cnnc1-c1c(N)cccc1F. The monoisotopic (exact) mass is 234 g/mol. The summed E-state index contributed by atoms with van der Waals surface area (Å²) in [5.74, 6) is 0.537. The highest BCUT2D eigenvalue weighted by atomic mass is 19.1. The Labute approximate surface area is 99.3 Å². The summed E-state index contributed by atoms with van der Waals surface area (Å²) in [5.41, 5.74) is 6.49. The fourth-order valence-electron chi connectivity index (χ4n) is 1.75. The fraction of sp³-hybridized carbons (Fsp3) is 0.333. The predicted molar refractivity (Wildman–Crippen MR) is 64.7 cm³/mol. The summed E-state index contributed by atoms with van der Waals surface area (Å²) in [6.45, 7) is 4.89. The minimum Gasteiger partial charge on any atom is -0.398 e. The molecule has 0 bridgehead atoms. The van der Waals surface area contributed by atoms with Gasteiger partial charge in [0.1, 0.15) is 12.1 Å². The Morgan fingerprint density at radius 3 is 2.82 bits per heavy atom. The Kier molecular flexibility index (Phi) is 3.08. The minimum absolute atomic E-state index is 0.325. The van der Waals surface area contributed by atoms with Crippen LogP contribution in [0.1, 0.15) is 13.8 Å². The molecule has 2 N–H and O–H groups in total. The van der Waals surface area contributed by atoms with Gasteiger partial charge in [-0.3, -0.25) is 0 Å². The minimum atomic E-state index is -0.372. The molecule has 90 valence electrons. The maximum Gasteiger partial charge on any atom is 0.168 e. The largest absolute Gasteiger partial charge is 0.398 e. The van der Waals surface area contributed by atoms with Gasteiger partial charge in [0.2, 0.25) is 0 Å². The number of halogens is 1. The lowest BCUT2D eigenvalue weighted by Gasteiger charge is -2.11. The van der Waals surface area contributed by atoms with Crippen LogP contribution in [0.4, 0.5) is 10.1 Å². The van der Waals surface area contributed by atoms with E-state index < -0.39 is 0 Å². The first kappa shape index (κ1) is 11.6. The second-order valence-corrected chi connectivity index (χ2v) is 4.40. The van der Waals surface area contributed by atoms with Crippen molar-refractivity contribution >= 4 is 5.69 Å². The van der Waals surface area contributed by atoms with Crippen molar-refractivity contribution in [3.05, 3.63) is 30.3 Å². The molecule has 17 heavy (non-hydrogen) atoms. The number of hydrogen-bond acceptors (Lipinski definition) is 3. The molecule has 0 aliphatic rings. The Bertz CT molecular complexity index is 499. The lowest BCUT2D eigenvalue weighted by molar-refractivity contribution is 0.524. The Balaban J connectivity index is 2.50. The number of benzene rings is 1. The highest BCUT2D eigenvalue weighted by molar-refractivity contribution is 5.72. The number of rotatable bonds is 3. The van der Waals surface area contributed by atoms with E-state index in [-0.39, 0.29) is 5.82 Å². The molecule has 1 aromatic carbocycles. The number of anilines is 1. The lowest BCUT2D eigenvalue weighted by atomic mass is 10.1. The first-order valence-corrected chi connectivity index (χ1v) is 5.51. The van der Waals surface area contributed by atoms with Gasteiger partial charge in [0.25, 0.3) is 0 Å². The predicted octanol–water partition coefficient (Wildman–Crippen LogP) is 2.32. The summed E-state index contributed by atoms with van der Waals surface area (Å²) in [4.78, 5) is 0. The average Bonchev–Trinajstić information content (AvgIpc) is 2.65. The average molecular weight is 234 g/mol. The number of aromatic nitrogens is 3. The van der Waals surface area contributed by atoms with E-state index in [1.165, 1.54) is 6.07 Å². The van der Waals surface area contributed by atoms with E-state index in [1.54, 1.807) is 18.5 Å². The van der Waals surface area contributed by atoms with Crippen molar-refractivity contribution in [1.82, 2.24) is 14.8 Å². The van der Waals surface area contributed by atoms with Crippen molar-refractivity contribution < 1.29 is 4.39 Å². The number of nitrogens with zero attached hydrogens (tertiary/aromatic N) is 3. The van der Waals surface area contributed by atoms with Crippen LogP contribution in [0.3, 0.4) is 0 Å². The molecule has 0 aliphatic carbocycles. The van der Waals surface area contributed by atoms with E-state index >= 15 is 0 Å². The molecule has 5 heteroatoms. The van der Waals surface area contributed by atoms with Crippen LogP contribution in [0.15, 0.2) is 24.5 Å². The van der Waals surface area contributed by atoms with Crippen molar-refractivity contribution in [3.8, 4) is 11.4 Å². The first-order valence-electron chi connectivity index (χ1n) is 5.51. The summed E-state index contributed by atoms with van der Waals surface area (Å²) in [6, 6.07) is 4.62. The van der Waals surface area contributed by atoms with Gasteiger partial charge >= 0.3 is 0 Å². The highest BCUT2D eigenvalue weighted by Crippen LogP contribution is 2.27. The first-order chi connectivity index (χ1) is 8.09. The quantitative estimate of drug-likeness (QED) is 0.829. The zero-order valence-corrected chi connectivity index (χ0v) is 9.89. The van der Waals surface area contributed by atoms with Gasteiger partial charge in [0.15, 0.2) is 5.82 Å². The molecule has 2 aromatic rings. The zero-order chi connectivity index (χ0) is 12.4. The number of hydrogen-bond donors (Lipinski definition) is 1. The van der Waals surface area contributed by atoms with Crippen molar-refractivity contribution in [2.45, 2.75) is 20.4 Å². The topological polar surface area (TPSA) is 56.7 Å². The van der Waals surface area contributed by atoms with Gasteiger partial charge in [-0.05, 0) is 18.1 Å². The summed E-state index contributed by atoms with van der Waals surface area (Å²) in [7, 11) is 0. The lowest BCUT2D eigenvalue weighted by Crippen LogP contribution is -2.07. The fourth-order valence-corrected chi connectivity index (χ4v) is 1.75. The van der Waals surface area contributed by atoms with Crippen LogP contribution in [0, 0.1) is 11.7 Å². The third-order valence-electron chi connectivity index (χ3n) is 2.45. The van der Waals surface area contributed by atoms with E-state index in [9.17, 15) is 4.39 Å². The molecule has 0 unspecified atom stereocenters. The van der Waals surface area contributed by atoms with E-state index in [4.69, 9.17) is 5.73 Å². The standard InChI is InChI=1S/C12H15FN4/c1-8(2)6-17-7-15-16-12(17)11-9(13)4-3-5-10(11)14/h3-5,7-8H,6,14H2,1-2H3. The van der Waals surface area contributed by atoms with Gasteiger partial charge in [-0.1, -0.05) is 19.9 Å². The Morgan fingerprint density at radius 2 is 2.18 bits per heavy atom. The second-order valence-electron chi connectivity index (χ2n) is 4.40.